The van der Waals surface area contributed by atoms with Gasteiger partial charge >= 0.3 is 0 Å². The molecule has 10 heteroatoms. The fourth-order valence-corrected chi connectivity index (χ4v) is 6.92. The first-order valence-electron chi connectivity index (χ1n) is 13.5. The van der Waals surface area contributed by atoms with Crippen LogP contribution in [0.4, 0.5) is 14.5 Å². The molecule has 2 heterocycles. The van der Waals surface area contributed by atoms with E-state index in [0.717, 1.165) is 45.7 Å². The Morgan fingerprint density at radius 2 is 1.92 bits per heavy atom. The van der Waals surface area contributed by atoms with Gasteiger partial charge < -0.3 is 25.5 Å². The molecule has 2 aromatic heterocycles. The van der Waals surface area contributed by atoms with Crippen LogP contribution in [0.25, 0.3) is 10.9 Å². The predicted molar refractivity (Wildman–Crippen MR) is 153 cm³/mol. The number of rotatable bonds is 9. The van der Waals surface area contributed by atoms with Crippen molar-refractivity contribution in [1.29, 1.82) is 0 Å². The molecule has 0 aliphatic heterocycles. The normalized spacial score (nSPS) is 21.3. The molecule has 3 aromatic rings. The average Bonchev–Trinajstić information content (AvgIpc) is 3.13. The predicted octanol–water partition coefficient (Wildman–Crippen LogP) is 5.37. The van der Waals surface area contributed by atoms with Crippen molar-refractivity contribution in [1.82, 2.24) is 20.2 Å². The number of anilines is 1. The lowest BCUT2D eigenvalue weighted by Gasteiger charge is -2.45. The fourth-order valence-electron chi connectivity index (χ4n) is 6.21. The van der Waals surface area contributed by atoms with Crippen LogP contribution < -0.4 is 21.5 Å². The van der Waals surface area contributed by atoms with E-state index >= 15 is 0 Å². The lowest BCUT2D eigenvalue weighted by molar-refractivity contribution is -0.0981. The van der Waals surface area contributed by atoms with Gasteiger partial charge in [-0.05, 0) is 70.1 Å². The van der Waals surface area contributed by atoms with Gasteiger partial charge in [0.05, 0.1) is 11.1 Å². The maximum absolute atomic E-state index is 13.6. The van der Waals surface area contributed by atoms with Crippen LogP contribution in [-0.2, 0) is 6.54 Å². The summed E-state index contributed by atoms with van der Waals surface area (Å²) in [6.07, 6.45) is 3.62. The summed E-state index contributed by atoms with van der Waals surface area (Å²) in [5.41, 5.74) is 4.56. The molecule has 1 aromatic carbocycles. The third kappa shape index (κ3) is 5.33. The molecule has 0 bridgehead atoms. The molecule has 0 saturated heterocycles. The summed E-state index contributed by atoms with van der Waals surface area (Å²) in [6.45, 7) is 6.13. The van der Waals surface area contributed by atoms with Crippen LogP contribution >= 0.6 is 11.8 Å². The molecular formula is C29H37F2N5O2S. The number of thioether (sulfide) groups is 1. The number of pyridine rings is 1. The van der Waals surface area contributed by atoms with Gasteiger partial charge in [0.2, 0.25) is 0 Å². The summed E-state index contributed by atoms with van der Waals surface area (Å²) >= 11 is 1.49. The van der Waals surface area contributed by atoms with Gasteiger partial charge in [0.15, 0.2) is 0 Å². The maximum atomic E-state index is 13.6. The van der Waals surface area contributed by atoms with Crippen molar-refractivity contribution in [3.05, 3.63) is 57.1 Å². The first-order valence-corrected chi connectivity index (χ1v) is 14.7. The van der Waals surface area contributed by atoms with Gasteiger partial charge in [-0.3, -0.25) is 9.59 Å². The van der Waals surface area contributed by atoms with Gasteiger partial charge in [0.25, 0.3) is 17.4 Å². The number of nitrogens with one attached hydrogen (secondary N) is 4. The second-order valence-corrected chi connectivity index (χ2v) is 12.0. The molecule has 1 atom stereocenters. The van der Waals surface area contributed by atoms with Crippen LogP contribution in [0.15, 0.2) is 34.0 Å². The van der Waals surface area contributed by atoms with E-state index in [1.807, 2.05) is 45.4 Å². The van der Waals surface area contributed by atoms with Crippen molar-refractivity contribution >= 4 is 34.3 Å². The Bertz CT molecular complexity index is 1450. The number of benzene rings is 1. The van der Waals surface area contributed by atoms with Crippen molar-refractivity contribution in [2.24, 2.45) is 5.92 Å². The number of fused-ring (bicyclic) bond motifs is 1. The number of halogens is 2. The summed E-state index contributed by atoms with van der Waals surface area (Å²) in [4.78, 5) is 29.9. The van der Waals surface area contributed by atoms with Crippen LogP contribution in [-0.4, -0.2) is 46.8 Å². The topological polar surface area (TPSA) is 91.0 Å². The molecule has 2 saturated carbocycles. The SMILES string of the molecule is CNc1ccc2c(C(=O)NCc3c(SC)cc(C)[nH]c3=O)c(C)n([C@H](C)C3CC(NC4CC(F)(F)C4)C3)c2c1. The second kappa shape index (κ2) is 10.6. The molecule has 2 aliphatic rings. The van der Waals surface area contributed by atoms with Gasteiger partial charge in [0.1, 0.15) is 0 Å². The summed E-state index contributed by atoms with van der Waals surface area (Å²) in [5, 5.41) is 10.4. The minimum absolute atomic E-state index is 0.0662. The number of amides is 1. The van der Waals surface area contributed by atoms with E-state index in [4.69, 9.17) is 0 Å². The number of aromatic nitrogens is 2. The Morgan fingerprint density at radius 1 is 1.21 bits per heavy atom. The molecule has 4 N–H and O–H groups in total. The molecule has 0 radical (unpaired) electrons. The minimum Gasteiger partial charge on any atom is -0.388 e. The average molecular weight is 558 g/mol. The zero-order chi connectivity index (χ0) is 28.1. The molecule has 1 amide bonds. The van der Waals surface area contributed by atoms with E-state index in [2.05, 4.69) is 38.5 Å². The molecule has 2 aliphatic carbocycles. The second-order valence-electron chi connectivity index (χ2n) is 11.1. The highest BCUT2D eigenvalue weighted by atomic mass is 32.2. The highest BCUT2D eigenvalue weighted by Gasteiger charge is 2.47. The van der Waals surface area contributed by atoms with Gasteiger partial charge in [-0.2, -0.15) is 0 Å². The minimum atomic E-state index is -2.51. The number of carbonyl (C=O) groups excluding carboxylic acids is 1. The van der Waals surface area contributed by atoms with Crippen molar-refractivity contribution in [3.63, 3.8) is 0 Å². The summed E-state index contributed by atoms with van der Waals surface area (Å²) in [7, 11) is 1.87. The lowest BCUT2D eigenvalue weighted by Crippen LogP contribution is -2.55. The van der Waals surface area contributed by atoms with Crippen LogP contribution in [0, 0.1) is 19.8 Å². The molecule has 7 nitrogen and oxygen atoms in total. The van der Waals surface area contributed by atoms with E-state index in [0.29, 0.717) is 17.0 Å². The Hall–Kier alpha value is -2.85. The molecule has 2 fully saturated rings. The zero-order valence-electron chi connectivity index (χ0n) is 23.1. The Kier molecular flexibility index (Phi) is 7.54. The van der Waals surface area contributed by atoms with E-state index < -0.39 is 5.92 Å². The summed E-state index contributed by atoms with van der Waals surface area (Å²) in [6, 6.07) is 8.22. The standard InChI is InChI=1S/C29H37F2N5O2S/c1-15-8-25(39-5)23(27(37)34-15)14-33-28(38)26-17(3)36(24-11-19(32-4)6-7-22(24)26)16(2)18-9-20(10-18)35-21-12-29(30,31)13-21/h6-8,11,16,18,20-21,32,35H,9-10,12-14H2,1-5H3,(H,33,38)(H,34,37)/t16-,18?,20?/m1/s1. The van der Waals surface area contributed by atoms with Gasteiger partial charge in [-0.1, -0.05) is 0 Å². The molecule has 39 heavy (non-hydrogen) atoms. The van der Waals surface area contributed by atoms with Crippen molar-refractivity contribution in [2.75, 3.05) is 18.6 Å². The Balaban J connectivity index is 1.38. The van der Waals surface area contributed by atoms with E-state index in [9.17, 15) is 18.4 Å². The Labute approximate surface area is 231 Å². The van der Waals surface area contributed by atoms with Crippen LogP contribution in [0.5, 0.6) is 0 Å². The Morgan fingerprint density at radius 3 is 2.56 bits per heavy atom. The number of aryl methyl sites for hydroxylation is 1. The number of aromatic amines is 1. The smallest absolute Gasteiger partial charge is 0.254 e. The molecular weight excluding hydrogens is 520 g/mol. The number of carbonyl (C=O) groups is 1. The number of alkyl halides is 2. The van der Waals surface area contributed by atoms with Gasteiger partial charge in [-0.25, -0.2) is 8.78 Å². The zero-order valence-corrected chi connectivity index (χ0v) is 23.9. The highest BCUT2D eigenvalue weighted by Crippen LogP contribution is 2.43. The number of hydrogen-bond donors (Lipinski definition) is 4. The van der Waals surface area contributed by atoms with Crippen molar-refractivity contribution in [3.8, 4) is 0 Å². The number of H-pyrrole nitrogens is 1. The van der Waals surface area contributed by atoms with Gasteiger partial charge in [0, 0.05) is 77.5 Å². The molecule has 0 spiro atoms. The van der Waals surface area contributed by atoms with Crippen molar-refractivity contribution < 1.29 is 13.6 Å². The number of nitrogens with zero attached hydrogens (tertiary/aromatic N) is 1. The highest BCUT2D eigenvalue weighted by molar-refractivity contribution is 7.98. The van der Waals surface area contributed by atoms with Crippen LogP contribution in [0.2, 0.25) is 0 Å². The quantitative estimate of drug-likeness (QED) is 0.266. The molecule has 210 valence electrons. The summed E-state index contributed by atoms with van der Waals surface area (Å²) < 4.78 is 28.7. The summed E-state index contributed by atoms with van der Waals surface area (Å²) in [5.74, 6) is -2.35. The van der Waals surface area contributed by atoms with Crippen molar-refractivity contribution in [2.45, 2.75) is 81.9 Å². The third-order valence-corrected chi connectivity index (χ3v) is 9.27. The molecule has 0 unspecified atom stereocenters. The third-order valence-electron chi connectivity index (χ3n) is 8.47. The number of hydrogen-bond acceptors (Lipinski definition) is 5. The first-order chi connectivity index (χ1) is 18.5. The maximum Gasteiger partial charge on any atom is 0.254 e. The van der Waals surface area contributed by atoms with Gasteiger partial charge in [-0.15, -0.1) is 11.8 Å². The monoisotopic (exact) mass is 557 g/mol. The van der Waals surface area contributed by atoms with E-state index in [1.165, 1.54) is 11.8 Å². The van der Waals surface area contributed by atoms with E-state index in [1.54, 1.807) is 0 Å². The largest absolute Gasteiger partial charge is 0.388 e. The van der Waals surface area contributed by atoms with E-state index in [-0.39, 0.29) is 49.0 Å². The lowest BCUT2D eigenvalue weighted by atomic mass is 9.74. The first kappa shape index (κ1) is 27.7. The van der Waals surface area contributed by atoms with Crippen LogP contribution in [0.1, 0.15) is 66.0 Å². The fraction of sp³-hybridized carbons (Fsp3) is 0.517. The van der Waals surface area contributed by atoms with Crippen LogP contribution in [0.3, 0.4) is 0 Å². The molecule has 5 rings (SSSR count).